The zero-order valence-electron chi connectivity index (χ0n) is 16.3. The zero-order chi connectivity index (χ0) is 17.8. The SMILES string of the molecule is CC[Si](CC)(CC)OC1/C=C\CCC(OC(C)=O)CCCCCC1. The van der Waals surface area contributed by atoms with Crippen LogP contribution in [0.25, 0.3) is 0 Å². The number of carbonyl (C=O) groups is 1. The molecule has 0 aliphatic heterocycles. The lowest BCUT2D eigenvalue weighted by atomic mass is 10.0. The van der Waals surface area contributed by atoms with Gasteiger partial charge in [0.15, 0.2) is 8.32 Å². The lowest BCUT2D eigenvalue weighted by Crippen LogP contribution is -2.39. The van der Waals surface area contributed by atoms with Gasteiger partial charge in [-0.05, 0) is 50.2 Å². The number of allylic oxidation sites excluding steroid dienone is 1. The maximum atomic E-state index is 11.2. The predicted octanol–water partition coefficient (Wildman–Crippen LogP) is 6.00. The molecule has 0 bridgehead atoms. The summed E-state index contributed by atoms with van der Waals surface area (Å²) in [6.07, 6.45) is 13.8. The fourth-order valence-corrected chi connectivity index (χ4v) is 6.45. The van der Waals surface area contributed by atoms with Gasteiger partial charge in [0.05, 0.1) is 6.10 Å². The monoisotopic (exact) mass is 354 g/mol. The van der Waals surface area contributed by atoms with Crippen molar-refractivity contribution in [2.24, 2.45) is 0 Å². The van der Waals surface area contributed by atoms with Crippen molar-refractivity contribution in [1.82, 2.24) is 0 Å². The molecule has 1 aliphatic rings. The first-order valence-corrected chi connectivity index (χ1v) is 12.6. The first kappa shape index (κ1) is 21.4. The quantitative estimate of drug-likeness (QED) is 0.333. The molecule has 140 valence electrons. The van der Waals surface area contributed by atoms with Crippen molar-refractivity contribution in [3.63, 3.8) is 0 Å². The van der Waals surface area contributed by atoms with Crippen LogP contribution in [0.15, 0.2) is 12.2 Å². The van der Waals surface area contributed by atoms with Gasteiger partial charge in [0.1, 0.15) is 6.10 Å². The second kappa shape index (κ2) is 11.9. The number of esters is 1. The minimum Gasteiger partial charge on any atom is -0.463 e. The summed E-state index contributed by atoms with van der Waals surface area (Å²) < 4.78 is 12.1. The molecule has 0 fully saturated rings. The molecular weight excluding hydrogens is 316 g/mol. The lowest BCUT2D eigenvalue weighted by Gasteiger charge is -2.32. The van der Waals surface area contributed by atoms with E-state index in [2.05, 4.69) is 32.9 Å². The molecule has 24 heavy (non-hydrogen) atoms. The molecule has 0 aromatic rings. The number of hydrogen-bond acceptors (Lipinski definition) is 3. The van der Waals surface area contributed by atoms with Crippen LogP contribution in [0.2, 0.25) is 18.1 Å². The summed E-state index contributed by atoms with van der Waals surface area (Å²) in [6, 6.07) is 3.62. The minimum atomic E-state index is -1.55. The summed E-state index contributed by atoms with van der Waals surface area (Å²) in [5.41, 5.74) is 0. The Kier molecular flexibility index (Phi) is 10.6. The molecule has 0 aromatic carbocycles. The fraction of sp³-hybridized carbons (Fsp3) is 0.850. The van der Waals surface area contributed by atoms with Gasteiger partial charge in [0, 0.05) is 6.92 Å². The maximum absolute atomic E-state index is 11.2. The summed E-state index contributed by atoms with van der Waals surface area (Å²) in [5, 5.41) is 0. The Labute approximate surface area is 150 Å². The Morgan fingerprint density at radius 1 is 1.00 bits per heavy atom. The molecule has 0 amide bonds. The van der Waals surface area contributed by atoms with E-state index in [-0.39, 0.29) is 18.2 Å². The van der Waals surface area contributed by atoms with E-state index >= 15 is 0 Å². The molecule has 2 atom stereocenters. The number of carbonyl (C=O) groups excluding carboxylic acids is 1. The van der Waals surface area contributed by atoms with Crippen LogP contribution < -0.4 is 0 Å². The highest BCUT2D eigenvalue weighted by Crippen LogP contribution is 2.26. The molecular formula is C20H38O3Si. The second-order valence-electron chi connectivity index (χ2n) is 7.13. The Bertz CT molecular complexity index is 369. The van der Waals surface area contributed by atoms with Crippen molar-refractivity contribution in [1.29, 1.82) is 0 Å². The molecule has 0 heterocycles. The topological polar surface area (TPSA) is 35.5 Å². The van der Waals surface area contributed by atoms with Crippen LogP contribution in [-0.4, -0.2) is 26.5 Å². The van der Waals surface area contributed by atoms with E-state index < -0.39 is 8.32 Å². The van der Waals surface area contributed by atoms with Gasteiger partial charge < -0.3 is 9.16 Å². The fourth-order valence-electron chi connectivity index (χ4n) is 3.61. The van der Waals surface area contributed by atoms with Gasteiger partial charge in [-0.25, -0.2) is 0 Å². The molecule has 0 aromatic heterocycles. The summed E-state index contributed by atoms with van der Waals surface area (Å²) in [7, 11) is -1.55. The largest absolute Gasteiger partial charge is 0.463 e. The second-order valence-corrected chi connectivity index (χ2v) is 11.9. The Balaban J connectivity index is 2.67. The van der Waals surface area contributed by atoms with Crippen LogP contribution in [0, 0.1) is 0 Å². The van der Waals surface area contributed by atoms with Crippen LogP contribution >= 0.6 is 0 Å². The van der Waals surface area contributed by atoms with Crippen LogP contribution in [0.3, 0.4) is 0 Å². The average molecular weight is 355 g/mol. The first-order valence-electron chi connectivity index (χ1n) is 10.1. The molecule has 0 radical (unpaired) electrons. The highest BCUT2D eigenvalue weighted by atomic mass is 28.4. The van der Waals surface area contributed by atoms with E-state index in [1.165, 1.54) is 44.3 Å². The van der Waals surface area contributed by atoms with E-state index in [1.807, 2.05) is 0 Å². The van der Waals surface area contributed by atoms with Crippen molar-refractivity contribution in [2.45, 2.75) is 109 Å². The van der Waals surface area contributed by atoms with Crippen molar-refractivity contribution < 1.29 is 14.0 Å². The van der Waals surface area contributed by atoms with Gasteiger partial charge in [-0.2, -0.15) is 0 Å². The molecule has 2 unspecified atom stereocenters. The van der Waals surface area contributed by atoms with Crippen LogP contribution in [-0.2, 0) is 14.0 Å². The average Bonchev–Trinajstić information content (AvgIpc) is 2.56. The van der Waals surface area contributed by atoms with Gasteiger partial charge in [0.2, 0.25) is 0 Å². The molecule has 0 N–H and O–H groups in total. The zero-order valence-corrected chi connectivity index (χ0v) is 17.3. The third-order valence-corrected chi connectivity index (χ3v) is 10.1. The molecule has 4 heteroatoms. The summed E-state index contributed by atoms with van der Waals surface area (Å²) in [5.74, 6) is -0.151. The Morgan fingerprint density at radius 2 is 1.62 bits per heavy atom. The number of rotatable bonds is 6. The van der Waals surface area contributed by atoms with Gasteiger partial charge in [-0.3, -0.25) is 4.79 Å². The van der Waals surface area contributed by atoms with E-state index in [0.29, 0.717) is 0 Å². The Morgan fingerprint density at radius 3 is 2.21 bits per heavy atom. The van der Waals surface area contributed by atoms with Crippen molar-refractivity contribution in [3.8, 4) is 0 Å². The van der Waals surface area contributed by atoms with Gasteiger partial charge in [-0.1, -0.05) is 52.2 Å². The lowest BCUT2D eigenvalue weighted by molar-refractivity contribution is -0.147. The molecule has 3 nitrogen and oxygen atoms in total. The van der Waals surface area contributed by atoms with E-state index in [1.54, 1.807) is 0 Å². The van der Waals surface area contributed by atoms with Crippen LogP contribution in [0.5, 0.6) is 0 Å². The van der Waals surface area contributed by atoms with Crippen LogP contribution in [0.4, 0.5) is 0 Å². The van der Waals surface area contributed by atoms with Gasteiger partial charge in [0.25, 0.3) is 0 Å². The normalized spacial score (nSPS) is 25.3. The van der Waals surface area contributed by atoms with Crippen LogP contribution in [0.1, 0.15) is 79.1 Å². The molecule has 0 spiro atoms. The first-order chi connectivity index (χ1) is 11.5. The summed E-state index contributed by atoms with van der Waals surface area (Å²) in [4.78, 5) is 11.2. The molecule has 1 aliphatic carbocycles. The minimum absolute atomic E-state index is 0.0846. The van der Waals surface area contributed by atoms with Crippen molar-refractivity contribution in [3.05, 3.63) is 12.2 Å². The summed E-state index contributed by atoms with van der Waals surface area (Å²) >= 11 is 0. The predicted molar refractivity (Wildman–Crippen MR) is 104 cm³/mol. The van der Waals surface area contributed by atoms with Crippen molar-refractivity contribution >= 4 is 14.3 Å². The highest BCUT2D eigenvalue weighted by Gasteiger charge is 2.31. The maximum Gasteiger partial charge on any atom is 0.302 e. The number of hydrogen-bond donors (Lipinski definition) is 0. The molecule has 0 saturated heterocycles. The van der Waals surface area contributed by atoms with Crippen molar-refractivity contribution in [2.75, 3.05) is 0 Å². The highest BCUT2D eigenvalue weighted by molar-refractivity contribution is 6.73. The Hall–Kier alpha value is -0.613. The smallest absolute Gasteiger partial charge is 0.302 e. The molecule has 1 rings (SSSR count). The van der Waals surface area contributed by atoms with E-state index in [0.717, 1.165) is 32.1 Å². The summed E-state index contributed by atoms with van der Waals surface area (Å²) in [6.45, 7) is 8.40. The van der Waals surface area contributed by atoms with E-state index in [4.69, 9.17) is 9.16 Å². The standard InChI is InChI=1S/C20H38O3Si/c1-5-24(6-2,7-3)23-20-16-11-9-8-10-14-19(22-18(4)21)15-12-13-17-20/h13,17,19-20H,5-12,14-16H2,1-4H3/b17-13-. The van der Waals surface area contributed by atoms with Gasteiger partial charge in [-0.15, -0.1) is 0 Å². The third kappa shape index (κ3) is 7.97. The third-order valence-electron chi connectivity index (χ3n) is 5.44. The number of ether oxygens (including phenoxy) is 1. The van der Waals surface area contributed by atoms with Gasteiger partial charge >= 0.3 is 5.97 Å². The van der Waals surface area contributed by atoms with E-state index in [9.17, 15) is 4.79 Å². The molecule has 0 saturated carbocycles.